The van der Waals surface area contributed by atoms with Crippen molar-refractivity contribution in [1.82, 2.24) is 4.57 Å². The predicted octanol–water partition coefficient (Wildman–Crippen LogP) is 2.06. The second-order valence-electron chi connectivity index (χ2n) is 7.12. The van der Waals surface area contributed by atoms with Crippen LogP contribution in [-0.4, -0.2) is 57.4 Å². The molecular formula is C21H19Cl2N3O5. The molecule has 5 atom stereocenters. The average molecular weight is 464 g/mol. The molecule has 4 rings (SSSR count). The van der Waals surface area contributed by atoms with Gasteiger partial charge in [-0.2, -0.15) is 0 Å². The second kappa shape index (κ2) is 8.63. The highest BCUT2D eigenvalue weighted by molar-refractivity contribution is 6.42. The Kier molecular flexibility index (Phi) is 6.08. The molecule has 3 N–H and O–H groups in total. The first-order valence-electron chi connectivity index (χ1n) is 9.36. The van der Waals surface area contributed by atoms with Crippen LogP contribution < -0.4 is 0 Å². The molecule has 1 aromatic carbocycles. The number of aromatic nitrogens is 1. The van der Waals surface area contributed by atoms with Crippen LogP contribution >= 0.6 is 23.2 Å². The third-order valence-electron chi connectivity index (χ3n) is 5.34. The fourth-order valence-corrected chi connectivity index (χ4v) is 4.17. The molecule has 0 bridgehead atoms. The van der Waals surface area contributed by atoms with Gasteiger partial charge in [0, 0.05) is 24.5 Å². The monoisotopic (exact) mass is 463 g/mol. The Morgan fingerprint density at radius 3 is 2.77 bits per heavy atom. The first-order chi connectivity index (χ1) is 14.9. The molecule has 0 radical (unpaired) electrons. The van der Waals surface area contributed by atoms with E-state index < -0.39 is 30.6 Å². The fraction of sp³-hybridized carbons (Fsp3) is 0.333. The summed E-state index contributed by atoms with van der Waals surface area (Å²) in [7, 11) is 1.40. The standard InChI is InChI=1S/C21H19Cl2N3O5/c1-3-10-9-26(14-6-7-24-20(15(10)14)25-30-2)21-18(29)17(28)19(31-21)16(27)11-4-5-12(22)13(23)8-11/h1,4-5,7-9,16-19,21,27-29H,6H2,2H3/b25-20-/t16-,17+,18-,19-,21-/m1/s1. The van der Waals surface area contributed by atoms with Gasteiger partial charge < -0.3 is 29.5 Å². The van der Waals surface area contributed by atoms with Gasteiger partial charge in [0.1, 0.15) is 31.5 Å². The van der Waals surface area contributed by atoms with Gasteiger partial charge in [0.2, 0.25) is 5.84 Å². The third-order valence-corrected chi connectivity index (χ3v) is 6.08. The van der Waals surface area contributed by atoms with Crippen LogP contribution in [0.2, 0.25) is 10.0 Å². The molecule has 3 heterocycles. The lowest BCUT2D eigenvalue weighted by Gasteiger charge is -2.22. The fourth-order valence-electron chi connectivity index (χ4n) is 3.86. The molecule has 2 aliphatic heterocycles. The Morgan fingerprint density at radius 1 is 1.32 bits per heavy atom. The second-order valence-corrected chi connectivity index (χ2v) is 7.93. The number of hydrogen-bond donors (Lipinski definition) is 3. The number of terminal acetylenes is 1. The normalized spacial score (nSPS) is 27.2. The number of rotatable bonds is 4. The first kappa shape index (κ1) is 21.8. The molecule has 1 aromatic heterocycles. The molecule has 0 aliphatic carbocycles. The zero-order chi connectivity index (χ0) is 22.3. The maximum Gasteiger partial charge on any atom is 0.201 e. The summed E-state index contributed by atoms with van der Waals surface area (Å²) < 4.78 is 7.57. The van der Waals surface area contributed by atoms with Gasteiger partial charge in [0.25, 0.3) is 0 Å². The Morgan fingerprint density at radius 2 is 2.10 bits per heavy atom. The van der Waals surface area contributed by atoms with Crippen molar-refractivity contribution in [3.05, 3.63) is 56.8 Å². The van der Waals surface area contributed by atoms with Crippen molar-refractivity contribution in [2.75, 3.05) is 7.11 Å². The number of nitrogens with zero attached hydrogens (tertiary/aromatic N) is 3. The van der Waals surface area contributed by atoms with Crippen molar-refractivity contribution in [3.63, 3.8) is 0 Å². The lowest BCUT2D eigenvalue weighted by molar-refractivity contribution is -0.0864. The number of hydrogen-bond acceptors (Lipinski definition) is 6. The smallest absolute Gasteiger partial charge is 0.201 e. The van der Waals surface area contributed by atoms with E-state index in [2.05, 4.69) is 16.1 Å². The molecule has 0 saturated carbocycles. The Bertz CT molecular complexity index is 1110. The maximum absolute atomic E-state index is 10.8. The van der Waals surface area contributed by atoms with Gasteiger partial charge in [-0.1, -0.05) is 40.3 Å². The van der Waals surface area contributed by atoms with Gasteiger partial charge in [-0.25, -0.2) is 4.99 Å². The number of ether oxygens (including phenoxy) is 1. The van der Waals surface area contributed by atoms with Crippen LogP contribution in [0.5, 0.6) is 0 Å². The van der Waals surface area contributed by atoms with Crippen molar-refractivity contribution < 1.29 is 24.9 Å². The van der Waals surface area contributed by atoms with Crippen molar-refractivity contribution in [2.24, 2.45) is 10.1 Å². The van der Waals surface area contributed by atoms with E-state index in [-0.39, 0.29) is 5.02 Å². The number of amidine groups is 1. The Hall–Kier alpha value is -2.38. The van der Waals surface area contributed by atoms with Crippen LogP contribution in [0.25, 0.3) is 0 Å². The molecule has 8 nitrogen and oxygen atoms in total. The summed E-state index contributed by atoms with van der Waals surface area (Å²) in [6, 6.07) is 4.60. The van der Waals surface area contributed by atoms with E-state index in [1.54, 1.807) is 23.0 Å². The van der Waals surface area contributed by atoms with Crippen molar-refractivity contribution in [1.29, 1.82) is 0 Å². The molecule has 1 saturated heterocycles. The van der Waals surface area contributed by atoms with Gasteiger partial charge in [-0.05, 0) is 17.7 Å². The van der Waals surface area contributed by atoms with Crippen LogP contribution in [0.4, 0.5) is 0 Å². The van der Waals surface area contributed by atoms with E-state index in [1.807, 2.05) is 0 Å². The zero-order valence-electron chi connectivity index (χ0n) is 16.3. The van der Waals surface area contributed by atoms with E-state index in [0.717, 1.165) is 0 Å². The van der Waals surface area contributed by atoms with Gasteiger partial charge >= 0.3 is 0 Å². The highest BCUT2D eigenvalue weighted by atomic mass is 35.5. The number of aliphatic hydroxyl groups is 3. The molecule has 10 heteroatoms. The number of halogens is 2. The zero-order valence-corrected chi connectivity index (χ0v) is 17.8. The molecule has 0 unspecified atom stereocenters. The number of aliphatic hydroxyl groups excluding tert-OH is 3. The minimum absolute atomic E-state index is 0.255. The van der Waals surface area contributed by atoms with Crippen LogP contribution in [0.15, 0.2) is 34.5 Å². The summed E-state index contributed by atoms with van der Waals surface area (Å²) in [5, 5.41) is 36.6. The lowest BCUT2D eigenvalue weighted by Crippen LogP contribution is -2.35. The third kappa shape index (κ3) is 3.74. The largest absolute Gasteiger partial charge is 0.397 e. The molecule has 2 aromatic rings. The number of fused-ring (bicyclic) bond motifs is 1. The van der Waals surface area contributed by atoms with Crippen LogP contribution in [0.3, 0.4) is 0 Å². The van der Waals surface area contributed by atoms with Gasteiger partial charge in [0.05, 0.1) is 21.2 Å². The highest BCUT2D eigenvalue weighted by Crippen LogP contribution is 2.39. The Labute approximate surface area is 188 Å². The molecular weight excluding hydrogens is 445 g/mol. The highest BCUT2D eigenvalue weighted by Gasteiger charge is 2.48. The number of oxime groups is 1. The average Bonchev–Trinajstić information content (AvgIpc) is 3.28. The van der Waals surface area contributed by atoms with Crippen molar-refractivity contribution >= 4 is 35.3 Å². The van der Waals surface area contributed by atoms with Gasteiger partial charge in [-0.3, -0.25) is 0 Å². The molecule has 2 aliphatic rings. The summed E-state index contributed by atoms with van der Waals surface area (Å²) in [6.45, 7) is 0. The van der Waals surface area contributed by atoms with Crippen LogP contribution in [0, 0.1) is 12.3 Å². The van der Waals surface area contributed by atoms with E-state index in [4.69, 9.17) is 39.2 Å². The summed E-state index contributed by atoms with van der Waals surface area (Å²) in [5.74, 6) is 2.88. The molecule has 0 spiro atoms. The van der Waals surface area contributed by atoms with E-state index in [0.29, 0.717) is 39.7 Å². The quantitative estimate of drug-likeness (QED) is 0.474. The van der Waals surface area contributed by atoms with E-state index in [1.165, 1.54) is 19.2 Å². The Balaban J connectivity index is 1.69. The SMILES string of the molecule is C#Cc1cn([C@@H]2O[C@H]([C@H](O)c3ccc(Cl)c(Cl)c3)[C@@H](O)[C@H]2O)c2c1/C(=N/OC)N=CC2. The molecule has 1 fully saturated rings. The van der Waals surface area contributed by atoms with E-state index in [9.17, 15) is 15.3 Å². The minimum Gasteiger partial charge on any atom is -0.397 e. The number of aliphatic imine (C=N–C) groups is 1. The van der Waals surface area contributed by atoms with Crippen molar-refractivity contribution in [3.8, 4) is 12.3 Å². The minimum atomic E-state index is -1.37. The van der Waals surface area contributed by atoms with Crippen LogP contribution in [-0.2, 0) is 16.0 Å². The predicted molar refractivity (Wildman–Crippen MR) is 115 cm³/mol. The van der Waals surface area contributed by atoms with Gasteiger partial charge in [0.15, 0.2) is 6.23 Å². The van der Waals surface area contributed by atoms with Gasteiger partial charge in [-0.15, -0.1) is 6.42 Å². The topological polar surface area (TPSA) is 109 Å². The molecule has 0 amide bonds. The molecule has 162 valence electrons. The number of benzene rings is 1. The summed E-state index contributed by atoms with van der Waals surface area (Å²) in [4.78, 5) is 9.06. The molecule has 31 heavy (non-hydrogen) atoms. The lowest BCUT2D eigenvalue weighted by atomic mass is 9.99. The maximum atomic E-state index is 10.8. The van der Waals surface area contributed by atoms with Crippen LogP contribution in [0.1, 0.15) is 34.7 Å². The summed E-state index contributed by atoms with van der Waals surface area (Å²) in [6.07, 6.45) is 3.26. The summed E-state index contributed by atoms with van der Waals surface area (Å²) in [5.41, 5.74) is 2.17. The first-order valence-corrected chi connectivity index (χ1v) is 10.1. The van der Waals surface area contributed by atoms with Crippen molar-refractivity contribution in [2.45, 2.75) is 37.1 Å². The summed E-state index contributed by atoms with van der Waals surface area (Å²) >= 11 is 12.0. The van der Waals surface area contributed by atoms with E-state index >= 15 is 0 Å².